The van der Waals surface area contributed by atoms with Crippen molar-refractivity contribution in [3.8, 4) is 10.4 Å². The summed E-state index contributed by atoms with van der Waals surface area (Å²) in [7, 11) is 0. The van der Waals surface area contributed by atoms with Crippen molar-refractivity contribution in [2.45, 2.75) is 12.0 Å². The van der Waals surface area contributed by atoms with Crippen LogP contribution < -0.4 is 5.73 Å². The predicted octanol–water partition coefficient (Wildman–Crippen LogP) is 5.46. The summed E-state index contributed by atoms with van der Waals surface area (Å²) in [5, 5.41) is 12.4. The van der Waals surface area contributed by atoms with Crippen molar-refractivity contribution >= 4 is 22.4 Å². The Balaban J connectivity index is 1.95. The molecule has 0 radical (unpaired) electrons. The van der Waals surface area contributed by atoms with Gasteiger partial charge < -0.3 is 10.8 Å². The molecule has 0 spiro atoms. The average Bonchev–Trinajstić information content (AvgIpc) is 3.17. The molecule has 4 rings (SSSR count). The molecule has 0 aliphatic carbocycles. The van der Waals surface area contributed by atoms with Crippen LogP contribution in [0.1, 0.15) is 34.3 Å². The summed E-state index contributed by atoms with van der Waals surface area (Å²) in [5.74, 6) is -1.47. The Morgan fingerprint density at radius 2 is 1.45 bits per heavy atom. The molecule has 0 aliphatic rings. The molecule has 31 heavy (non-hydrogen) atoms. The molecule has 0 saturated carbocycles. The zero-order valence-corrected chi connectivity index (χ0v) is 17.2. The highest BCUT2D eigenvalue weighted by Crippen LogP contribution is 2.43. The maximum Gasteiger partial charge on any atom is 0.338 e. The van der Waals surface area contributed by atoms with Gasteiger partial charge in [0.25, 0.3) is 0 Å². The van der Waals surface area contributed by atoms with Crippen LogP contribution in [0.2, 0.25) is 0 Å². The average molecular weight is 430 g/mol. The minimum Gasteiger partial charge on any atom is -0.479 e. The molecule has 1 atom stereocenters. The highest BCUT2D eigenvalue weighted by molar-refractivity contribution is 7.19. The van der Waals surface area contributed by atoms with Gasteiger partial charge in [-0.25, -0.2) is 9.78 Å². The summed E-state index contributed by atoms with van der Waals surface area (Å²) in [6.45, 7) is 0. The Hall–Kier alpha value is -3.84. The maximum atomic E-state index is 11.6. The summed E-state index contributed by atoms with van der Waals surface area (Å²) >= 11 is 1.15. The lowest BCUT2D eigenvalue weighted by molar-refractivity contribution is -0.138. The fourth-order valence-corrected chi connectivity index (χ4v) is 4.65. The van der Waals surface area contributed by atoms with Crippen molar-refractivity contribution < 1.29 is 9.90 Å². The fourth-order valence-electron chi connectivity index (χ4n) is 3.74. The third-order valence-electron chi connectivity index (χ3n) is 5.05. The normalized spacial score (nSPS) is 11.9. The van der Waals surface area contributed by atoms with Gasteiger partial charge >= 0.3 is 5.97 Å². The number of benzene rings is 3. The second-order valence-electron chi connectivity index (χ2n) is 6.95. The van der Waals surface area contributed by atoms with E-state index in [1.807, 2.05) is 60.7 Å². The number of nitrogens with zero attached hydrogens (tertiary/aromatic N) is 2. The van der Waals surface area contributed by atoms with Gasteiger partial charge in [0.15, 0.2) is 5.13 Å². The van der Waals surface area contributed by atoms with Crippen LogP contribution in [0.25, 0.3) is 10.4 Å². The highest BCUT2D eigenvalue weighted by Gasteiger charge is 2.30. The van der Waals surface area contributed by atoms with Crippen LogP contribution in [0.4, 0.5) is 5.13 Å². The smallest absolute Gasteiger partial charge is 0.338 e. The van der Waals surface area contributed by atoms with Crippen molar-refractivity contribution in [2.75, 3.05) is 5.73 Å². The van der Waals surface area contributed by atoms with Crippen LogP contribution in [-0.2, 0) is 4.79 Å². The zero-order chi connectivity index (χ0) is 21.8. The number of thiazole rings is 1. The molecule has 0 saturated heterocycles. The van der Waals surface area contributed by atoms with Crippen LogP contribution in [0.15, 0.2) is 90.1 Å². The van der Waals surface area contributed by atoms with E-state index in [1.165, 1.54) is 0 Å². The van der Waals surface area contributed by atoms with Crippen molar-refractivity contribution in [1.82, 2.24) is 4.98 Å². The summed E-state index contributed by atoms with van der Waals surface area (Å²) < 4.78 is 0. The van der Waals surface area contributed by atoms with E-state index in [1.54, 1.807) is 0 Å². The molecule has 0 aliphatic heterocycles. The van der Waals surface area contributed by atoms with Gasteiger partial charge in [-0.15, -0.1) is 4.91 Å². The standard InChI is InChI=1S/C24H19N3O3S/c25-24-26-20(21(27-30)23(28)29)22(31-24)18-14-8-7-13-17(18)19(15-9-3-1-4-10-15)16-11-5-2-6-12-16/h1-14,19,21H,(H2,25,26)(H,28,29). The number of aliphatic carboxylic acids is 1. The van der Waals surface area contributed by atoms with Crippen LogP contribution >= 0.6 is 11.3 Å². The minimum absolute atomic E-state index is 0.0670. The lowest BCUT2D eigenvalue weighted by Crippen LogP contribution is -2.11. The van der Waals surface area contributed by atoms with Crippen LogP contribution in [-0.4, -0.2) is 16.1 Å². The number of hydrogen-bond acceptors (Lipinski definition) is 6. The molecule has 3 aromatic carbocycles. The van der Waals surface area contributed by atoms with Gasteiger partial charge in [0.05, 0.1) is 4.88 Å². The second kappa shape index (κ2) is 8.89. The monoisotopic (exact) mass is 429 g/mol. The quantitative estimate of drug-likeness (QED) is 0.299. The molecule has 0 bridgehead atoms. The number of carboxylic acid groups (broad SMARTS) is 1. The molecule has 7 heteroatoms. The highest BCUT2D eigenvalue weighted by atomic mass is 32.1. The van der Waals surface area contributed by atoms with E-state index >= 15 is 0 Å². The second-order valence-corrected chi connectivity index (χ2v) is 7.98. The van der Waals surface area contributed by atoms with Crippen molar-refractivity contribution in [2.24, 2.45) is 5.18 Å². The third kappa shape index (κ3) is 4.08. The first-order valence-corrected chi connectivity index (χ1v) is 10.4. The van der Waals surface area contributed by atoms with Gasteiger partial charge in [-0.2, -0.15) is 0 Å². The predicted molar refractivity (Wildman–Crippen MR) is 122 cm³/mol. The fraction of sp³-hybridized carbons (Fsp3) is 0.0833. The first-order chi connectivity index (χ1) is 15.1. The van der Waals surface area contributed by atoms with Gasteiger partial charge in [0, 0.05) is 5.92 Å². The molecule has 1 unspecified atom stereocenters. The molecule has 6 nitrogen and oxygen atoms in total. The Labute approximate surface area is 183 Å². The van der Waals surface area contributed by atoms with Gasteiger partial charge in [-0.05, 0) is 27.4 Å². The van der Waals surface area contributed by atoms with Crippen molar-refractivity contribution in [3.05, 3.63) is 112 Å². The third-order valence-corrected chi connectivity index (χ3v) is 5.98. The van der Waals surface area contributed by atoms with Gasteiger partial charge in [-0.3, -0.25) is 0 Å². The van der Waals surface area contributed by atoms with Gasteiger partial charge in [0.1, 0.15) is 5.69 Å². The number of rotatable bonds is 7. The summed E-state index contributed by atoms with van der Waals surface area (Å²) in [5.41, 5.74) is 9.90. The van der Waals surface area contributed by atoms with E-state index in [0.29, 0.717) is 4.88 Å². The first-order valence-electron chi connectivity index (χ1n) is 9.60. The summed E-state index contributed by atoms with van der Waals surface area (Å²) in [6.07, 6.45) is 0. The van der Waals surface area contributed by atoms with E-state index in [4.69, 9.17) is 5.73 Å². The molecule has 154 valence electrons. The number of carboxylic acids is 1. The molecule has 0 amide bonds. The topological polar surface area (TPSA) is 106 Å². The largest absolute Gasteiger partial charge is 0.479 e. The summed E-state index contributed by atoms with van der Waals surface area (Å²) in [4.78, 5) is 27.6. The Morgan fingerprint density at radius 3 is 2.00 bits per heavy atom. The van der Waals surface area contributed by atoms with E-state index in [0.717, 1.165) is 33.6 Å². The van der Waals surface area contributed by atoms with Gasteiger partial charge in [0.2, 0.25) is 6.04 Å². The number of hydrogen-bond donors (Lipinski definition) is 2. The number of aromatic nitrogens is 1. The van der Waals surface area contributed by atoms with E-state index < -0.39 is 12.0 Å². The minimum atomic E-state index is -1.62. The first kappa shape index (κ1) is 20.4. The lowest BCUT2D eigenvalue weighted by Gasteiger charge is -2.22. The molecule has 3 N–H and O–H groups in total. The molecule has 4 aromatic rings. The Bertz CT molecular complexity index is 1170. The number of nitroso groups, excluding NO2 is 1. The number of nitrogens with two attached hydrogens (primary N) is 1. The van der Waals surface area contributed by atoms with Crippen LogP contribution in [0, 0.1) is 4.91 Å². The number of nitrogen functional groups attached to an aromatic ring is 1. The van der Waals surface area contributed by atoms with Crippen molar-refractivity contribution in [3.63, 3.8) is 0 Å². The van der Waals surface area contributed by atoms with E-state index in [2.05, 4.69) is 34.4 Å². The van der Waals surface area contributed by atoms with Gasteiger partial charge in [-0.1, -0.05) is 96.3 Å². The SMILES string of the molecule is Nc1nc(C(N=O)C(=O)O)c(-c2ccccc2C(c2ccccc2)c2ccccc2)s1. The van der Waals surface area contributed by atoms with Crippen molar-refractivity contribution in [1.29, 1.82) is 0 Å². The van der Waals surface area contributed by atoms with Crippen LogP contribution in [0.5, 0.6) is 0 Å². The molecular formula is C24H19N3O3S. The van der Waals surface area contributed by atoms with Crippen LogP contribution in [0.3, 0.4) is 0 Å². The molecule has 1 heterocycles. The Kier molecular flexibility index (Phi) is 5.86. The maximum absolute atomic E-state index is 11.6. The van der Waals surface area contributed by atoms with E-state index in [9.17, 15) is 14.8 Å². The number of carbonyl (C=O) groups is 1. The molecule has 0 fully saturated rings. The number of anilines is 1. The Morgan fingerprint density at radius 1 is 0.903 bits per heavy atom. The molecule has 1 aromatic heterocycles. The lowest BCUT2D eigenvalue weighted by atomic mass is 9.82. The zero-order valence-electron chi connectivity index (χ0n) is 16.4. The summed E-state index contributed by atoms with van der Waals surface area (Å²) in [6, 6.07) is 26.2. The molecular weight excluding hydrogens is 410 g/mol. The van der Waals surface area contributed by atoms with E-state index in [-0.39, 0.29) is 16.7 Å².